The van der Waals surface area contributed by atoms with Gasteiger partial charge in [0, 0.05) is 23.0 Å². The van der Waals surface area contributed by atoms with Crippen LogP contribution < -0.4 is 10.1 Å². The molecule has 0 radical (unpaired) electrons. The van der Waals surface area contributed by atoms with E-state index in [1.807, 2.05) is 11.3 Å². The third kappa shape index (κ3) is 3.17. The number of carbonyl (C=O) groups excluding carboxylic acids is 1. The molecule has 118 valence electrons. The number of carbonyl (C=O) groups is 1. The topological polar surface area (TPSA) is 75.9 Å². The molecule has 1 aromatic carbocycles. The van der Waals surface area contributed by atoms with Gasteiger partial charge in [-0.15, -0.1) is 0 Å². The summed E-state index contributed by atoms with van der Waals surface area (Å²) >= 11 is 0. The molecule has 6 heteroatoms. The van der Waals surface area contributed by atoms with Crippen molar-refractivity contribution in [3.05, 3.63) is 60.2 Å². The van der Waals surface area contributed by atoms with Gasteiger partial charge in [0.1, 0.15) is 5.75 Å². The molecule has 0 saturated heterocycles. The quantitative estimate of drug-likeness (QED) is 0.759. The molecule has 0 fully saturated rings. The molecule has 0 spiro atoms. The number of aliphatic hydroxyl groups excluding tert-OH is 1. The van der Waals surface area contributed by atoms with Crippen LogP contribution in [0.1, 0.15) is 22.8 Å². The van der Waals surface area contributed by atoms with Crippen molar-refractivity contribution in [2.75, 3.05) is 11.9 Å². The van der Waals surface area contributed by atoms with E-state index in [0.29, 0.717) is 29.2 Å². The number of anilines is 1. The van der Waals surface area contributed by atoms with Crippen LogP contribution in [-0.2, 0) is 6.61 Å². The third-order valence-electron chi connectivity index (χ3n) is 3.46. The van der Waals surface area contributed by atoms with Crippen LogP contribution in [0, 0.1) is 0 Å². The molecular formula is C17H17N3O3. The zero-order valence-corrected chi connectivity index (χ0v) is 12.7. The number of ether oxygens (including phenoxy) is 1. The summed E-state index contributed by atoms with van der Waals surface area (Å²) in [6, 6.07) is 8.69. The van der Waals surface area contributed by atoms with Crippen LogP contribution in [0.15, 0.2) is 49.1 Å². The zero-order chi connectivity index (χ0) is 16.2. The standard InChI is InChI=1S/C17H17N3O3/c1-2-23-16-4-3-14(7-13(16)10-21)19-17(22)12-5-6-20-11-18-9-15(20)8-12/h3-9,11,21H,2,10H2,1H3,(H,19,22). The fourth-order valence-electron chi connectivity index (χ4n) is 2.34. The molecular weight excluding hydrogens is 294 g/mol. The number of pyridine rings is 1. The van der Waals surface area contributed by atoms with E-state index in [9.17, 15) is 9.90 Å². The normalized spacial score (nSPS) is 10.7. The number of nitrogens with zero attached hydrogens (tertiary/aromatic N) is 2. The number of aromatic nitrogens is 2. The maximum absolute atomic E-state index is 12.4. The van der Waals surface area contributed by atoms with Crippen LogP contribution >= 0.6 is 0 Å². The molecule has 23 heavy (non-hydrogen) atoms. The summed E-state index contributed by atoms with van der Waals surface area (Å²) in [4.78, 5) is 16.4. The Bertz CT molecular complexity index is 842. The average Bonchev–Trinajstić information content (AvgIpc) is 3.04. The minimum absolute atomic E-state index is 0.152. The molecule has 0 bridgehead atoms. The first kappa shape index (κ1) is 15.1. The summed E-state index contributed by atoms with van der Waals surface area (Å²) in [6.07, 6.45) is 5.16. The van der Waals surface area contributed by atoms with Gasteiger partial charge in [-0.3, -0.25) is 4.79 Å². The molecule has 2 heterocycles. The largest absolute Gasteiger partial charge is 0.494 e. The van der Waals surface area contributed by atoms with Crippen molar-refractivity contribution in [2.45, 2.75) is 13.5 Å². The van der Waals surface area contributed by atoms with Crippen molar-refractivity contribution in [1.29, 1.82) is 0 Å². The second-order valence-corrected chi connectivity index (χ2v) is 5.01. The molecule has 0 aliphatic heterocycles. The molecule has 0 atom stereocenters. The van der Waals surface area contributed by atoms with E-state index < -0.39 is 0 Å². The predicted octanol–water partition coefficient (Wildman–Crippen LogP) is 2.48. The number of imidazole rings is 1. The molecule has 2 aromatic heterocycles. The Morgan fingerprint density at radius 3 is 3.00 bits per heavy atom. The first-order valence-electron chi connectivity index (χ1n) is 7.31. The number of hydrogen-bond donors (Lipinski definition) is 2. The predicted molar refractivity (Wildman–Crippen MR) is 86.7 cm³/mol. The van der Waals surface area contributed by atoms with Crippen LogP contribution in [0.3, 0.4) is 0 Å². The lowest BCUT2D eigenvalue weighted by molar-refractivity contribution is 0.102. The number of hydrogen-bond acceptors (Lipinski definition) is 4. The van der Waals surface area contributed by atoms with Gasteiger partial charge in [-0.05, 0) is 37.3 Å². The van der Waals surface area contributed by atoms with Gasteiger partial charge >= 0.3 is 0 Å². The van der Waals surface area contributed by atoms with Crippen molar-refractivity contribution in [3.63, 3.8) is 0 Å². The number of rotatable bonds is 5. The van der Waals surface area contributed by atoms with Crippen molar-refractivity contribution in [2.24, 2.45) is 0 Å². The minimum atomic E-state index is -0.221. The third-order valence-corrected chi connectivity index (χ3v) is 3.46. The molecule has 0 saturated carbocycles. The maximum atomic E-state index is 12.4. The molecule has 6 nitrogen and oxygen atoms in total. The summed E-state index contributed by atoms with van der Waals surface area (Å²) in [7, 11) is 0. The van der Waals surface area contributed by atoms with Crippen molar-refractivity contribution in [3.8, 4) is 5.75 Å². The lowest BCUT2D eigenvalue weighted by atomic mass is 10.1. The van der Waals surface area contributed by atoms with Gasteiger partial charge in [0.05, 0.1) is 31.3 Å². The van der Waals surface area contributed by atoms with Crippen LogP contribution in [0.2, 0.25) is 0 Å². The van der Waals surface area contributed by atoms with Gasteiger partial charge < -0.3 is 19.6 Å². The number of benzene rings is 1. The van der Waals surface area contributed by atoms with Gasteiger partial charge in [-0.25, -0.2) is 4.98 Å². The lowest BCUT2D eigenvalue weighted by Gasteiger charge is -2.11. The Balaban J connectivity index is 1.81. The molecule has 3 rings (SSSR count). The molecule has 2 N–H and O–H groups in total. The van der Waals surface area contributed by atoms with E-state index in [4.69, 9.17) is 4.74 Å². The molecule has 0 aliphatic rings. The van der Waals surface area contributed by atoms with Gasteiger partial charge in [0.2, 0.25) is 0 Å². The fraction of sp³-hybridized carbons (Fsp3) is 0.176. The Morgan fingerprint density at radius 2 is 2.22 bits per heavy atom. The van der Waals surface area contributed by atoms with Crippen LogP contribution in [-0.4, -0.2) is 27.0 Å². The highest BCUT2D eigenvalue weighted by Crippen LogP contribution is 2.23. The van der Waals surface area contributed by atoms with E-state index in [2.05, 4.69) is 10.3 Å². The maximum Gasteiger partial charge on any atom is 0.255 e. The van der Waals surface area contributed by atoms with E-state index in [-0.39, 0.29) is 12.5 Å². The van der Waals surface area contributed by atoms with Crippen molar-refractivity contribution >= 4 is 17.1 Å². The van der Waals surface area contributed by atoms with Crippen molar-refractivity contribution in [1.82, 2.24) is 9.38 Å². The van der Waals surface area contributed by atoms with E-state index in [0.717, 1.165) is 5.52 Å². The highest BCUT2D eigenvalue weighted by atomic mass is 16.5. The summed E-state index contributed by atoms with van der Waals surface area (Å²) < 4.78 is 7.26. The molecule has 3 aromatic rings. The summed E-state index contributed by atoms with van der Waals surface area (Å²) in [5, 5.41) is 12.2. The average molecular weight is 311 g/mol. The first-order chi connectivity index (χ1) is 11.2. The Kier molecular flexibility index (Phi) is 4.25. The number of amides is 1. The highest BCUT2D eigenvalue weighted by molar-refractivity contribution is 6.04. The highest BCUT2D eigenvalue weighted by Gasteiger charge is 2.09. The number of fused-ring (bicyclic) bond motifs is 1. The van der Waals surface area contributed by atoms with Crippen LogP contribution in [0.25, 0.3) is 5.52 Å². The van der Waals surface area contributed by atoms with Crippen LogP contribution in [0.5, 0.6) is 5.75 Å². The summed E-state index contributed by atoms with van der Waals surface area (Å²) in [5.74, 6) is 0.399. The molecule has 1 amide bonds. The first-order valence-corrected chi connectivity index (χ1v) is 7.31. The molecule has 0 unspecified atom stereocenters. The van der Waals surface area contributed by atoms with Crippen LogP contribution in [0.4, 0.5) is 5.69 Å². The van der Waals surface area contributed by atoms with Gasteiger partial charge in [-0.1, -0.05) is 0 Å². The fourth-order valence-corrected chi connectivity index (χ4v) is 2.34. The second-order valence-electron chi connectivity index (χ2n) is 5.01. The van der Waals surface area contributed by atoms with E-state index in [1.165, 1.54) is 0 Å². The van der Waals surface area contributed by atoms with Crippen molar-refractivity contribution < 1.29 is 14.6 Å². The number of aliphatic hydroxyl groups is 1. The minimum Gasteiger partial charge on any atom is -0.494 e. The summed E-state index contributed by atoms with van der Waals surface area (Å²) in [5.41, 5.74) is 2.63. The Morgan fingerprint density at radius 1 is 1.35 bits per heavy atom. The van der Waals surface area contributed by atoms with E-state index >= 15 is 0 Å². The lowest BCUT2D eigenvalue weighted by Crippen LogP contribution is -2.12. The molecule has 0 aliphatic carbocycles. The second kappa shape index (κ2) is 6.50. The monoisotopic (exact) mass is 311 g/mol. The van der Waals surface area contributed by atoms with Gasteiger partial charge in [0.15, 0.2) is 0 Å². The number of nitrogens with one attached hydrogen (secondary N) is 1. The smallest absolute Gasteiger partial charge is 0.255 e. The van der Waals surface area contributed by atoms with Gasteiger partial charge in [0.25, 0.3) is 5.91 Å². The zero-order valence-electron chi connectivity index (χ0n) is 12.7. The van der Waals surface area contributed by atoms with Gasteiger partial charge in [-0.2, -0.15) is 0 Å². The summed E-state index contributed by atoms with van der Waals surface area (Å²) in [6.45, 7) is 2.24. The Hall–Kier alpha value is -2.86. The van der Waals surface area contributed by atoms with E-state index in [1.54, 1.807) is 49.1 Å². The SMILES string of the molecule is CCOc1ccc(NC(=O)c2ccn3cncc3c2)cc1CO. The Labute approximate surface area is 133 Å².